The number of carbonyl (C=O) groups excluding carboxylic acids is 1. The first-order chi connectivity index (χ1) is 17.0. The molecule has 2 N–H and O–H groups in total. The van der Waals surface area contributed by atoms with Crippen LogP contribution in [0.5, 0.6) is 0 Å². The van der Waals surface area contributed by atoms with Gasteiger partial charge in [-0.1, -0.05) is 19.8 Å². The van der Waals surface area contributed by atoms with Gasteiger partial charge in [-0.3, -0.25) is 9.48 Å². The van der Waals surface area contributed by atoms with E-state index >= 15 is 0 Å². The van der Waals surface area contributed by atoms with Crippen LogP contribution in [0.4, 0.5) is 21.6 Å². The van der Waals surface area contributed by atoms with E-state index in [0.717, 1.165) is 62.2 Å². The van der Waals surface area contributed by atoms with Gasteiger partial charge in [0.2, 0.25) is 0 Å². The molecule has 1 saturated heterocycles. The van der Waals surface area contributed by atoms with Crippen LogP contribution < -0.4 is 15.5 Å². The van der Waals surface area contributed by atoms with E-state index in [-0.39, 0.29) is 11.6 Å². The lowest BCUT2D eigenvalue weighted by molar-refractivity contribution is 0.102. The number of fused-ring (bicyclic) bond motifs is 2. The third kappa shape index (κ3) is 4.42. The molecule has 1 aliphatic heterocycles. The molecule has 8 nitrogen and oxygen atoms in total. The lowest BCUT2D eigenvalue weighted by atomic mass is 10.1. The third-order valence-electron chi connectivity index (χ3n) is 6.59. The number of rotatable bonds is 8. The van der Waals surface area contributed by atoms with Crippen molar-refractivity contribution in [3.8, 4) is 0 Å². The molecule has 0 spiro atoms. The molecule has 1 fully saturated rings. The fourth-order valence-electron chi connectivity index (χ4n) is 4.95. The van der Waals surface area contributed by atoms with Gasteiger partial charge in [0.15, 0.2) is 11.5 Å². The van der Waals surface area contributed by atoms with Gasteiger partial charge in [-0.05, 0) is 38.3 Å². The van der Waals surface area contributed by atoms with Gasteiger partial charge in [0.1, 0.15) is 11.3 Å². The molecule has 0 aliphatic carbocycles. The molecule has 35 heavy (non-hydrogen) atoms. The van der Waals surface area contributed by atoms with E-state index in [1.165, 1.54) is 12.5 Å². The largest absolute Gasteiger partial charge is 0.384 e. The Hall–Kier alpha value is -3.62. The Kier molecular flexibility index (Phi) is 6.32. The summed E-state index contributed by atoms with van der Waals surface area (Å²) in [4.78, 5) is 19.9. The molecule has 3 aromatic heterocycles. The van der Waals surface area contributed by atoms with Gasteiger partial charge in [-0.15, -0.1) is 0 Å². The first-order valence-electron chi connectivity index (χ1n) is 12.4. The minimum absolute atomic E-state index is 0.237. The maximum absolute atomic E-state index is 14.6. The number of anilines is 3. The van der Waals surface area contributed by atoms with Crippen molar-refractivity contribution < 1.29 is 9.18 Å². The number of unbranched alkanes of at least 4 members (excludes halogenated alkanes) is 2. The topological polar surface area (TPSA) is 79.5 Å². The Balaban J connectivity index is 1.52. The van der Waals surface area contributed by atoms with Crippen LogP contribution in [0, 0.1) is 12.7 Å². The maximum atomic E-state index is 14.6. The second-order valence-corrected chi connectivity index (χ2v) is 9.30. The van der Waals surface area contributed by atoms with Gasteiger partial charge < -0.3 is 19.9 Å². The van der Waals surface area contributed by atoms with Crippen LogP contribution in [0.15, 0.2) is 30.6 Å². The molecule has 0 radical (unpaired) electrons. The number of imidazole rings is 1. The minimum atomic E-state index is -0.484. The first kappa shape index (κ1) is 23.1. The lowest BCUT2D eigenvalue weighted by Gasteiger charge is -2.19. The molecule has 1 aromatic carbocycles. The fraction of sp³-hybridized carbons (Fsp3) is 0.423. The van der Waals surface area contributed by atoms with Gasteiger partial charge in [0.25, 0.3) is 5.91 Å². The Bertz CT molecular complexity index is 1380. The molecule has 4 aromatic rings. The highest BCUT2D eigenvalue weighted by molar-refractivity contribution is 6.16. The quantitative estimate of drug-likeness (QED) is 0.344. The number of pyridine rings is 1. The summed E-state index contributed by atoms with van der Waals surface area (Å²) in [5.74, 6) is 0.225. The summed E-state index contributed by atoms with van der Waals surface area (Å²) >= 11 is 0. The van der Waals surface area contributed by atoms with Gasteiger partial charge in [-0.2, -0.15) is 5.10 Å². The van der Waals surface area contributed by atoms with E-state index in [1.807, 2.05) is 17.8 Å². The van der Waals surface area contributed by atoms with Crippen LogP contribution in [-0.2, 0) is 7.05 Å². The second kappa shape index (κ2) is 9.56. The molecular weight excluding hydrogens is 445 g/mol. The number of aromatic nitrogens is 4. The average molecular weight is 478 g/mol. The summed E-state index contributed by atoms with van der Waals surface area (Å²) in [6.07, 6.45) is 9.10. The highest BCUT2D eigenvalue weighted by atomic mass is 19.1. The zero-order valence-electron chi connectivity index (χ0n) is 20.6. The van der Waals surface area contributed by atoms with Crippen LogP contribution in [-0.4, -0.2) is 44.7 Å². The van der Waals surface area contributed by atoms with E-state index in [1.54, 1.807) is 29.8 Å². The molecule has 0 unspecified atom stereocenters. The van der Waals surface area contributed by atoms with Crippen molar-refractivity contribution in [1.29, 1.82) is 0 Å². The summed E-state index contributed by atoms with van der Waals surface area (Å²) in [7, 11) is 1.93. The number of hydrogen-bond donors (Lipinski definition) is 2. The van der Waals surface area contributed by atoms with Crippen LogP contribution in [0.3, 0.4) is 0 Å². The Morgan fingerprint density at radius 3 is 2.74 bits per heavy atom. The summed E-state index contributed by atoms with van der Waals surface area (Å²) in [6.45, 7) is 6.81. The number of carbonyl (C=O) groups is 1. The van der Waals surface area contributed by atoms with Crippen molar-refractivity contribution in [3.05, 3.63) is 47.7 Å². The van der Waals surface area contributed by atoms with Gasteiger partial charge in [0.05, 0.1) is 22.3 Å². The SMILES string of the molecule is CCCCCNc1ccc(C(=O)Nc2cc(F)c3nc(C)cn3c2)c2nn(C)c(N3CCCC3)c12. The lowest BCUT2D eigenvalue weighted by Crippen LogP contribution is -2.21. The molecular formula is C26H32FN7O. The summed E-state index contributed by atoms with van der Waals surface area (Å²) in [5, 5.41) is 12.2. The van der Waals surface area contributed by atoms with Crippen molar-refractivity contribution >= 4 is 39.6 Å². The minimum Gasteiger partial charge on any atom is -0.384 e. The number of aryl methyl sites for hydroxylation is 2. The summed E-state index contributed by atoms with van der Waals surface area (Å²) in [5.41, 5.74) is 3.40. The Labute approximate surface area is 204 Å². The van der Waals surface area contributed by atoms with Crippen molar-refractivity contribution in [1.82, 2.24) is 19.2 Å². The van der Waals surface area contributed by atoms with Gasteiger partial charge in [0, 0.05) is 50.8 Å². The molecule has 9 heteroatoms. The predicted octanol–water partition coefficient (Wildman–Crippen LogP) is 5.12. The van der Waals surface area contributed by atoms with E-state index in [0.29, 0.717) is 22.5 Å². The predicted molar refractivity (Wildman–Crippen MR) is 138 cm³/mol. The Morgan fingerprint density at radius 2 is 1.97 bits per heavy atom. The first-order valence-corrected chi connectivity index (χ1v) is 12.4. The fourth-order valence-corrected chi connectivity index (χ4v) is 4.95. The monoisotopic (exact) mass is 477 g/mol. The van der Waals surface area contributed by atoms with Crippen LogP contribution in [0.2, 0.25) is 0 Å². The number of halogens is 1. The second-order valence-electron chi connectivity index (χ2n) is 9.30. The summed E-state index contributed by atoms with van der Waals surface area (Å²) in [6, 6.07) is 5.07. The summed E-state index contributed by atoms with van der Waals surface area (Å²) < 4.78 is 18.0. The molecule has 0 saturated carbocycles. The van der Waals surface area contributed by atoms with Crippen LogP contribution in [0.1, 0.15) is 55.1 Å². The normalized spacial score (nSPS) is 13.8. The molecule has 184 valence electrons. The van der Waals surface area contributed by atoms with Crippen molar-refractivity contribution in [2.24, 2.45) is 7.05 Å². The number of benzene rings is 1. The zero-order chi connectivity index (χ0) is 24.5. The molecule has 0 bridgehead atoms. The number of nitrogens with zero attached hydrogens (tertiary/aromatic N) is 5. The maximum Gasteiger partial charge on any atom is 0.257 e. The highest BCUT2D eigenvalue weighted by Gasteiger charge is 2.25. The standard InChI is InChI=1S/C26H32FN7O/c1-4-5-6-11-28-21-10-9-19(23-22(21)26(32(3)31-23)33-12-7-8-13-33)25(35)30-18-14-20(27)24-29-17(2)15-34(24)16-18/h9-10,14-16,28H,4-8,11-13H2,1-3H3,(H,30,35). The van der Waals surface area contributed by atoms with E-state index in [2.05, 4.69) is 27.4 Å². The van der Waals surface area contributed by atoms with E-state index in [9.17, 15) is 9.18 Å². The zero-order valence-corrected chi connectivity index (χ0v) is 20.6. The van der Waals surface area contributed by atoms with E-state index < -0.39 is 5.82 Å². The van der Waals surface area contributed by atoms with Crippen molar-refractivity contribution in [2.75, 3.05) is 35.2 Å². The smallest absolute Gasteiger partial charge is 0.257 e. The molecule has 5 rings (SSSR count). The number of hydrogen-bond acceptors (Lipinski definition) is 5. The highest BCUT2D eigenvalue weighted by Crippen LogP contribution is 2.36. The molecule has 1 aliphatic rings. The van der Waals surface area contributed by atoms with Crippen LogP contribution >= 0.6 is 0 Å². The molecule has 0 atom stereocenters. The number of nitrogens with one attached hydrogen (secondary N) is 2. The van der Waals surface area contributed by atoms with Crippen molar-refractivity contribution in [2.45, 2.75) is 46.0 Å². The van der Waals surface area contributed by atoms with Crippen molar-refractivity contribution in [3.63, 3.8) is 0 Å². The molecule has 4 heterocycles. The Morgan fingerprint density at radius 1 is 1.17 bits per heavy atom. The number of amides is 1. The van der Waals surface area contributed by atoms with Crippen LogP contribution in [0.25, 0.3) is 16.6 Å². The average Bonchev–Trinajstić information content (AvgIpc) is 3.54. The molecule has 1 amide bonds. The van der Waals surface area contributed by atoms with Gasteiger partial charge in [-0.25, -0.2) is 9.37 Å². The third-order valence-corrected chi connectivity index (χ3v) is 6.59. The van der Waals surface area contributed by atoms with E-state index in [4.69, 9.17) is 5.10 Å². The van der Waals surface area contributed by atoms with Gasteiger partial charge >= 0.3 is 0 Å².